The van der Waals surface area contributed by atoms with Crippen LogP contribution in [-0.2, 0) is 0 Å². The number of rotatable bonds is 6. The zero-order chi connectivity index (χ0) is 35.1. The van der Waals surface area contributed by atoms with Crippen LogP contribution in [0.5, 0.6) is 0 Å². The predicted molar refractivity (Wildman–Crippen MR) is 222 cm³/mol. The molecule has 8 aromatic carbocycles. The van der Waals surface area contributed by atoms with Gasteiger partial charge in [0.25, 0.3) is 0 Å². The predicted octanol–water partition coefficient (Wildman–Crippen LogP) is 12.4. The zero-order valence-electron chi connectivity index (χ0n) is 29.0. The summed E-state index contributed by atoms with van der Waals surface area (Å²) in [4.78, 5) is 5.18. The smallest absolute Gasteiger partial charge is 0.145 e. The summed E-state index contributed by atoms with van der Waals surface area (Å²) in [6.07, 6.45) is 1.95. The Morgan fingerprint density at radius 1 is 0.415 bits per heavy atom. The van der Waals surface area contributed by atoms with Crippen LogP contribution in [0.2, 0.25) is 0 Å². The molecule has 0 aliphatic carbocycles. The lowest BCUT2D eigenvalue weighted by Gasteiger charge is -2.25. The summed E-state index contributed by atoms with van der Waals surface area (Å²) in [7, 11) is 0. The molecule has 0 saturated carbocycles. The summed E-state index contributed by atoms with van der Waals surface area (Å²) >= 11 is 0. The molecule has 1 aliphatic rings. The van der Waals surface area contributed by atoms with Crippen LogP contribution in [0.1, 0.15) is 22.9 Å². The first kappa shape index (κ1) is 30.8. The van der Waals surface area contributed by atoms with E-state index in [0.717, 1.165) is 33.8 Å². The van der Waals surface area contributed by atoms with E-state index in [1.54, 1.807) is 0 Å². The third-order valence-corrected chi connectivity index (χ3v) is 10.5. The summed E-state index contributed by atoms with van der Waals surface area (Å²) in [6.45, 7) is 0. The normalized spacial score (nSPS) is 14.2. The van der Waals surface area contributed by atoms with Gasteiger partial charge in [0.2, 0.25) is 0 Å². The highest BCUT2D eigenvalue weighted by molar-refractivity contribution is 6.13. The average Bonchev–Trinajstić information content (AvgIpc) is 3.58. The molecule has 0 spiro atoms. The number of allylic oxidation sites excluding steroid dienone is 1. The van der Waals surface area contributed by atoms with E-state index in [1.165, 1.54) is 54.8 Å². The number of hydrogen-bond acceptors (Lipinski definition) is 2. The molecule has 0 saturated heterocycles. The van der Waals surface area contributed by atoms with Gasteiger partial charge in [0.05, 0.1) is 16.7 Å². The average molecular weight is 678 g/mol. The lowest BCUT2D eigenvalue weighted by molar-refractivity contribution is 0.664. The highest BCUT2D eigenvalue weighted by Crippen LogP contribution is 2.38. The van der Waals surface area contributed by atoms with Gasteiger partial charge in [-0.3, -0.25) is 4.99 Å². The van der Waals surface area contributed by atoms with Gasteiger partial charge in [0.15, 0.2) is 0 Å². The Morgan fingerprint density at radius 2 is 0.943 bits per heavy atom. The van der Waals surface area contributed by atoms with Crippen molar-refractivity contribution in [3.63, 3.8) is 0 Å². The van der Waals surface area contributed by atoms with Crippen LogP contribution in [0, 0.1) is 0 Å². The first-order valence-electron chi connectivity index (χ1n) is 18.2. The van der Waals surface area contributed by atoms with E-state index < -0.39 is 0 Å². The Balaban J connectivity index is 1.01. The molecule has 0 bridgehead atoms. The number of hydrogen-bond donors (Lipinski definition) is 1. The van der Waals surface area contributed by atoms with Crippen LogP contribution in [-0.4, -0.2) is 10.3 Å². The van der Waals surface area contributed by atoms with Crippen molar-refractivity contribution in [2.75, 3.05) is 0 Å². The lowest BCUT2D eigenvalue weighted by Crippen LogP contribution is -2.24. The van der Waals surface area contributed by atoms with Crippen molar-refractivity contribution in [3.8, 4) is 27.9 Å². The Hall–Kier alpha value is -6.97. The number of nitrogens with zero attached hydrogens (tertiary/aromatic N) is 2. The molecule has 1 aliphatic heterocycles. The van der Waals surface area contributed by atoms with E-state index in [4.69, 9.17) is 4.99 Å². The monoisotopic (exact) mass is 677 g/mol. The summed E-state index contributed by atoms with van der Waals surface area (Å²) in [5.41, 5.74) is 13.8. The van der Waals surface area contributed by atoms with Gasteiger partial charge in [-0.2, -0.15) is 0 Å². The Morgan fingerprint density at radius 3 is 1.58 bits per heavy atom. The highest BCUT2D eigenvalue weighted by atomic mass is 15.1. The molecule has 1 N–H and O–H groups in total. The van der Waals surface area contributed by atoms with Gasteiger partial charge >= 0.3 is 0 Å². The van der Waals surface area contributed by atoms with Gasteiger partial charge in [-0.05, 0) is 80.1 Å². The fraction of sp³-hybridized carbons (Fsp3) is 0.0200. The van der Waals surface area contributed by atoms with E-state index in [0.29, 0.717) is 0 Å². The van der Waals surface area contributed by atoms with Crippen LogP contribution in [0.15, 0.2) is 205 Å². The van der Waals surface area contributed by atoms with Gasteiger partial charge in [-0.15, -0.1) is 0 Å². The molecule has 250 valence electrons. The first-order valence-corrected chi connectivity index (χ1v) is 18.2. The minimum Gasteiger partial charge on any atom is -0.360 e. The molecule has 53 heavy (non-hydrogen) atoms. The van der Waals surface area contributed by atoms with Crippen molar-refractivity contribution in [3.05, 3.63) is 217 Å². The highest BCUT2D eigenvalue weighted by Gasteiger charge is 2.20. The molecular formula is C50H35N3. The number of para-hydroxylation sites is 2. The molecule has 2 heterocycles. The Kier molecular flexibility index (Phi) is 7.54. The Labute approximate surface area is 308 Å². The van der Waals surface area contributed by atoms with E-state index in [9.17, 15) is 0 Å². The molecule has 0 unspecified atom stereocenters. The number of benzene rings is 8. The molecule has 3 heteroatoms. The van der Waals surface area contributed by atoms with E-state index >= 15 is 0 Å². The van der Waals surface area contributed by atoms with E-state index in [2.05, 4.69) is 204 Å². The number of nitrogens with one attached hydrogen (secondary N) is 1. The summed E-state index contributed by atoms with van der Waals surface area (Å²) in [5.74, 6) is 0. The maximum absolute atomic E-state index is 5.18. The van der Waals surface area contributed by atoms with Gasteiger partial charge in [0.1, 0.15) is 6.17 Å². The summed E-state index contributed by atoms with van der Waals surface area (Å²) in [6, 6.07) is 69.5. The van der Waals surface area contributed by atoms with Crippen molar-refractivity contribution in [2.45, 2.75) is 6.17 Å². The molecule has 0 radical (unpaired) electrons. The van der Waals surface area contributed by atoms with Crippen molar-refractivity contribution in [2.24, 2.45) is 4.99 Å². The molecule has 0 amide bonds. The number of aliphatic imine (C=N–C) groups is 1. The van der Waals surface area contributed by atoms with E-state index in [-0.39, 0.29) is 6.17 Å². The largest absolute Gasteiger partial charge is 0.360 e. The number of fused-ring (bicyclic) bond motifs is 4. The molecule has 1 aromatic heterocycles. The molecule has 9 aromatic rings. The summed E-state index contributed by atoms with van der Waals surface area (Å²) < 4.78 is 2.39. The van der Waals surface area contributed by atoms with Crippen molar-refractivity contribution >= 4 is 44.0 Å². The fourth-order valence-electron chi connectivity index (χ4n) is 7.90. The standard InChI is InChI=1S/C50H35N3/c1-3-14-35(15-4-1)46-33-47(36-16-5-2-6-17-36)52-50(51-46)37-28-26-34(27-29-37)40-30-31-41(43-21-8-7-20-42(40)43)38-18-13-19-39(32-38)53-48-24-11-9-22-44(48)45-23-10-12-25-49(45)53/h1-33,50-51H/t50-/m1/s1. The van der Waals surface area contributed by atoms with Crippen LogP contribution < -0.4 is 5.32 Å². The lowest BCUT2D eigenvalue weighted by atomic mass is 9.91. The van der Waals surface area contributed by atoms with Gasteiger partial charge in [-0.25, -0.2) is 0 Å². The van der Waals surface area contributed by atoms with Crippen molar-refractivity contribution < 1.29 is 0 Å². The maximum atomic E-state index is 5.18. The minimum absolute atomic E-state index is 0.208. The van der Waals surface area contributed by atoms with Crippen molar-refractivity contribution in [1.82, 2.24) is 9.88 Å². The molecule has 3 nitrogen and oxygen atoms in total. The second kappa shape index (κ2) is 13.0. The molecule has 0 fully saturated rings. The van der Waals surface area contributed by atoms with Gasteiger partial charge in [0, 0.05) is 22.2 Å². The van der Waals surface area contributed by atoms with Crippen LogP contribution >= 0.6 is 0 Å². The third-order valence-electron chi connectivity index (χ3n) is 10.5. The number of aromatic nitrogens is 1. The van der Waals surface area contributed by atoms with Crippen LogP contribution in [0.3, 0.4) is 0 Å². The molecule has 10 rings (SSSR count). The summed E-state index contributed by atoms with van der Waals surface area (Å²) in [5, 5.41) is 8.71. The Bertz CT molecular complexity index is 2790. The van der Waals surface area contributed by atoms with E-state index in [1.807, 2.05) is 6.07 Å². The minimum atomic E-state index is -0.208. The topological polar surface area (TPSA) is 29.3 Å². The SMILES string of the molecule is C1=C(c2ccccc2)N[C@@H](c2ccc(-c3ccc(-c4cccc(-n5c6ccccc6c6ccccc65)c4)c4ccccc34)cc2)N=C1c1ccccc1. The van der Waals surface area contributed by atoms with Crippen molar-refractivity contribution in [1.29, 1.82) is 0 Å². The second-order valence-corrected chi connectivity index (χ2v) is 13.6. The van der Waals surface area contributed by atoms with Gasteiger partial charge in [-0.1, -0.05) is 170 Å². The van der Waals surface area contributed by atoms with Crippen LogP contribution in [0.25, 0.3) is 66.2 Å². The van der Waals surface area contributed by atoms with Gasteiger partial charge < -0.3 is 9.88 Å². The molecule has 1 atom stereocenters. The maximum Gasteiger partial charge on any atom is 0.145 e. The zero-order valence-corrected chi connectivity index (χ0v) is 29.0. The molecular weight excluding hydrogens is 643 g/mol. The van der Waals surface area contributed by atoms with Crippen LogP contribution in [0.4, 0.5) is 0 Å². The quantitative estimate of drug-likeness (QED) is 0.186. The first-order chi connectivity index (χ1) is 26.3. The third kappa shape index (κ3) is 5.51. The fourth-order valence-corrected chi connectivity index (χ4v) is 7.90. The second-order valence-electron chi connectivity index (χ2n) is 13.6.